The van der Waals surface area contributed by atoms with Crippen molar-refractivity contribution < 1.29 is 39.5 Å². The molecule has 0 aliphatic rings. The van der Waals surface area contributed by atoms with Crippen LogP contribution < -0.4 is 0 Å². The zero-order valence-corrected chi connectivity index (χ0v) is 9.21. The van der Waals surface area contributed by atoms with Crippen molar-refractivity contribution in [2.45, 2.75) is 31.8 Å². The van der Waals surface area contributed by atoms with Gasteiger partial charge in [-0.2, -0.15) is 0 Å². The van der Waals surface area contributed by atoms with Crippen LogP contribution in [0.2, 0.25) is 0 Å². The van der Waals surface area contributed by atoms with Gasteiger partial charge in [-0.1, -0.05) is 6.92 Å². The molecule has 0 rings (SSSR count). The van der Waals surface area contributed by atoms with Crippen molar-refractivity contribution in [1.29, 1.82) is 0 Å². The Morgan fingerprint density at radius 2 is 1.76 bits per heavy atom. The van der Waals surface area contributed by atoms with Gasteiger partial charge in [-0.3, -0.25) is 14.8 Å². The molecule has 0 saturated heterocycles. The first-order valence-electron chi connectivity index (χ1n) is 4.81. The lowest BCUT2D eigenvalue weighted by Gasteiger charge is -2.22. The Hall–Kier alpha value is -1.67. The van der Waals surface area contributed by atoms with E-state index >= 15 is 0 Å². The Labute approximate surface area is 96.7 Å². The van der Waals surface area contributed by atoms with E-state index in [4.69, 9.17) is 15.5 Å². The highest BCUT2D eigenvalue weighted by Gasteiger charge is 2.45. The monoisotopic (exact) mass is 250 g/mol. The fourth-order valence-electron chi connectivity index (χ4n) is 1.06. The minimum absolute atomic E-state index is 0.0764. The first kappa shape index (κ1) is 15.3. The van der Waals surface area contributed by atoms with Gasteiger partial charge in [-0.05, 0) is 6.42 Å². The van der Waals surface area contributed by atoms with Gasteiger partial charge in [0.25, 0.3) is 0 Å². The number of rotatable bonds is 8. The number of esters is 1. The molecule has 0 spiro atoms. The zero-order valence-electron chi connectivity index (χ0n) is 9.21. The van der Waals surface area contributed by atoms with Crippen molar-refractivity contribution in [1.82, 2.24) is 0 Å². The quantitative estimate of drug-likeness (QED) is 0.314. The highest BCUT2D eigenvalue weighted by Crippen LogP contribution is 2.21. The molecule has 0 radical (unpaired) electrons. The summed E-state index contributed by atoms with van der Waals surface area (Å²) in [4.78, 5) is 36.2. The van der Waals surface area contributed by atoms with Crippen molar-refractivity contribution in [2.24, 2.45) is 0 Å². The number of hydrogen-bond donors (Lipinski definition) is 3. The molecule has 0 saturated carbocycles. The average Bonchev–Trinajstić information content (AvgIpc) is 2.24. The van der Waals surface area contributed by atoms with Gasteiger partial charge in [0, 0.05) is 0 Å². The summed E-state index contributed by atoms with van der Waals surface area (Å²) < 4.78 is 4.59. The lowest BCUT2D eigenvalue weighted by molar-refractivity contribution is -0.318. The first-order chi connectivity index (χ1) is 7.88. The van der Waals surface area contributed by atoms with E-state index in [-0.39, 0.29) is 6.61 Å². The topological polar surface area (TPSA) is 130 Å². The van der Waals surface area contributed by atoms with Gasteiger partial charge in [-0.25, -0.2) is 9.68 Å². The fourth-order valence-corrected chi connectivity index (χ4v) is 1.06. The number of aliphatic carboxylic acids is 2. The van der Waals surface area contributed by atoms with Crippen LogP contribution in [0.3, 0.4) is 0 Å². The lowest BCUT2D eigenvalue weighted by atomic mass is 9.96. The third kappa shape index (κ3) is 4.79. The van der Waals surface area contributed by atoms with Crippen molar-refractivity contribution in [2.75, 3.05) is 6.61 Å². The van der Waals surface area contributed by atoms with Gasteiger partial charge in [-0.15, -0.1) is 0 Å². The van der Waals surface area contributed by atoms with Crippen LogP contribution in [0.1, 0.15) is 26.2 Å². The van der Waals surface area contributed by atoms with Crippen LogP contribution in [0.15, 0.2) is 0 Å². The van der Waals surface area contributed by atoms with Crippen molar-refractivity contribution in [3.63, 3.8) is 0 Å². The summed E-state index contributed by atoms with van der Waals surface area (Å²) in [6.45, 7) is 1.81. The number of carbonyl (C=O) groups excluding carboxylic acids is 1. The largest absolute Gasteiger partial charge is 0.481 e. The zero-order chi connectivity index (χ0) is 13.5. The Morgan fingerprint density at radius 1 is 1.18 bits per heavy atom. The van der Waals surface area contributed by atoms with E-state index in [1.807, 2.05) is 0 Å². The van der Waals surface area contributed by atoms with Crippen LogP contribution in [0, 0.1) is 0 Å². The maximum atomic E-state index is 11.2. The Morgan fingerprint density at radius 3 is 2.12 bits per heavy atom. The van der Waals surface area contributed by atoms with E-state index in [1.54, 1.807) is 6.92 Å². The highest BCUT2D eigenvalue weighted by atomic mass is 17.1. The smallest absolute Gasteiger partial charge is 0.340 e. The molecule has 0 amide bonds. The molecule has 17 heavy (non-hydrogen) atoms. The number of carbonyl (C=O) groups is 3. The second-order valence-electron chi connectivity index (χ2n) is 3.36. The van der Waals surface area contributed by atoms with E-state index in [0.717, 1.165) is 0 Å². The normalized spacial score (nSPS) is 13.8. The molecule has 0 fully saturated rings. The summed E-state index contributed by atoms with van der Waals surface area (Å²) in [5.74, 6) is -4.23. The van der Waals surface area contributed by atoms with Crippen LogP contribution in [-0.2, 0) is 24.0 Å². The van der Waals surface area contributed by atoms with Crippen LogP contribution in [0.4, 0.5) is 0 Å². The van der Waals surface area contributed by atoms with E-state index in [9.17, 15) is 14.4 Å². The summed E-state index contributed by atoms with van der Waals surface area (Å²) in [5, 5.41) is 25.8. The molecule has 1 atom stereocenters. The second kappa shape index (κ2) is 6.81. The molecule has 0 aliphatic heterocycles. The van der Waals surface area contributed by atoms with Crippen LogP contribution >= 0.6 is 0 Å². The van der Waals surface area contributed by atoms with Crippen LogP contribution in [-0.4, -0.2) is 45.6 Å². The SMILES string of the molecule is CCCOC(=O)CC(CC(=O)O)(OO)C(=O)O. The highest BCUT2D eigenvalue weighted by molar-refractivity contribution is 5.88. The average molecular weight is 250 g/mol. The number of hydrogen-bond acceptors (Lipinski definition) is 6. The Kier molecular flexibility index (Phi) is 6.15. The van der Waals surface area contributed by atoms with Gasteiger partial charge in [0.2, 0.25) is 5.60 Å². The van der Waals surface area contributed by atoms with E-state index in [1.165, 1.54) is 0 Å². The molecule has 8 heteroatoms. The van der Waals surface area contributed by atoms with Crippen molar-refractivity contribution in [3.05, 3.63) is 0 Å². The fraction of sp³-hybridized carbons (Fsp3) is 0.667. The molecule has 3 N–H and O–H groups in total. The van der Waals surface area contributed by atoms with Crippen molar-refractivity contribution in [3.8, 4) is 0 Å². The Balaban J connectivity index is 4.74. The summed E-state index contributed by atoms with van der Waals surface area (Å²) in [5.41, 5.74) is -2.52. The molecule has 0 heterocycles. The summed E-state index contributed by atoms with van der Waals surface area (Å²) in [6, 6.07) is 0. The minimum atomic E-state index is -2.52. The molecule has 0 aromatic rings. The second-order valence-corrected chi connectivity index (χ2v) is 3.36. The summed E-state index contributed by atoms with van der Waals surface area (Å²) >= 11 is 0. The molecule has 0 bridgehead atoms. The van der Waals surface area contributed by atoms with Gasteiger partial charge in [0.1, 0.15) is 0 Å². The van der Waals surface area contributed by atoms with Gasteiger partial charge in [0.05, 0.1) is 19.4 Å². The molecule has 98 valence electrons. The summed E-state index contributed by atoms with van der Waals surface area (Å²) in [7, 11) is 0. The molecule has 1 unspecified atom stereocenters. The maximum Gasteiger partial charge on any atom is 0.340 e. The lowest BCUT2D eigenvalue weighted by Crippen LogP contribution is -2.45. The van der Waals surface area contributed by atoms with Crippen LogP contribution in [0.5, 0.6) is 0 Å². The van der Waals surface area contributed by atoms with E-state index in [2.05, 4.69) is 9.62 Å². The molecule has 8 nitrogen and oxygen atoms in total. The molecular formula is C9H14O8. The van der Waals surface area contributed by atoms with E-state index in [0.29, 0.717) is 6.42 Å². The van der Waals surface area contributed by atoms with Crippen LogP contribution in [0.25, 0.3) is 0 Å². The third-order valence-electron chi connectivity index (χ3n) is 1.90. The standard InChI is InChI=1S/C9H14O8/c1-2-3-16-7(12)5-9(17-15,8(13)14)4-6(10)11/h15H,2-5H2,1H3,(H,10,11)(H,13,14). The molecular weight excluding hydrogens is 236 g/mol. The van der Waals surface area contributed by atoms with Gasteiger partial charge < -0.3 is 14.9 Å². The maximum absolute atomic E-state index is 11.2. The Bertz CT molecular complexity index is 299. The first-order valence-corrected chi connectivity index (χ1v) is 4.81. The molecule has 0 aromatic carbocycles. The van der Waals surface area contributed by atoms with E-state index < -0.39 is 36.4 Å². The summed E-state index contributed by atoms with van der Waals surface area (Å²) in [6.07, 6.45) is -1.41. The predicted molar refractivity (Wildman–Crippen MR) is 52.2 cm³/mol. The van der Waals surface area contributed by atoms with Gasteiger partial charge in [0.15, 0.2) is 0 Å². The van der Waals surface area contributed by atoms with Gasteiger partial charge >= 0.3 is 17.9 Å². The predicted octanol–water partition coefficient (Wildman–Crippen LogP) is 0.117. The molecule has 0 aliphatic carbocycles. The molecule has 0 aromatic heterocycles. The number of carboxylic acids is 2. The third-order valence-corrected chi connectivity index (χ3v) is 1.90. The van der Waals surface area contributed by atoms with Crippen molar-refractivity contribution >= 4 is 17.9 Å². The number of ether oxygens (including phenoxy) is 1. The minimum Gasteiger partial charge on any atom is -0.481 e. The number of carboxylic acid groups (broad SMARTS) is 2.